The zero-order valence-corrected chi connectivity index (χ0v) is 12.9. The van der Waals surface area contributed by atoms with E-state index in [-0.39, 0.29) is 11.9 Å². The highest BCUT2D eigenvalue weighted by molar-refractivity contribution is 5.46. The molecular weight excluding hydrogens is 263 g/mol. The highest BCUT2D eigenvalue weighted by Gasteiger charge is 2.11. The summed E-state index contributed by atoms with van der Waals surface area (Å²) in [6.45, 7) is 6.53. The summed E-state index contributed by atoms with van der Waals surface area (Å²) in [5, 5.41) is 3.46. The lowest BCUT2D eigenvalue weighted by atomic mass is 9.98. The second-order valence-corrected chi connectivity index (χ2v) is 5.44. The Kier molecular flexibility index (Phi) is 5.32. The van der Waals surface area contributed by atoms with E-state index in [0.29, 0.717) is 5.92 Å². The summed E-state index contributed by atoms with van der Waals surface area (Å²) >= 11 is 0. The van der Waals surface area contributed by atoms with Crippen LogP contribution in [0.2, 0.25) is 0 Å². The van der Waals surface area contributed by atoms with Crippen LogP contribution in [0.15, 0.2) is 42.6 Å². The van der Waals surface area contributed by atoms with E-state index in [0.717, 1.165) is 24.2 Å². The van der Waals surface area contributed by atoms with Gasteiger partial charge in [-0.25, -0.2) is 4.39 Å². The Balaban J connectivity index is 2.09. The number of rotatable bonds is 6. The number of hydrogen-bond donors (Lipinski definition) is 1. The Hall–Kier alpha value is -1.90. The van der Waals surface area contributed by atoms with Gasteiger partial charge in [0, 0.05) is 5.69 Å². The average molecular weight is 286 g/mol. The van der Waals surface area contributed by atoms with Crippen LogP contribution in [0.1, 0.15) is 56.8 Å². The van der Waals surface area contributed by atoms with E-state index >= 15 is 0 Å². The van der Waals surface area contributed by atoms with E-state index < -0.39 is 0 Å². The van der Waals surface area contributed by atoms with Gasteiger partial charge in [0.2, 0.25) is 0 Å². The van der Waals surface area contributed by atoms with Crippen molar-refractivity contribution in [3.05, 3.63) is 59.7 Å². The molecule has 0 fully saturated rings. The smallest absolute Gasteiger partial charge is 0.141 e. The van der Waals surface area contributed by atoms with Crippen LogP contribution in [0.4, 0.5) is 10.1 Å². The molecule has 2 atom stereocenters. The standard InChI is InChI=1S/C18H23FN2/c1-4-13(3)14-6-9-16(10-7-14)21-17(5-2)18-11-8-15(19)12-20-18/h6-13,17,21H,4-5H2,1-3H3. The van der Waals surface area contributed by atoms with Crippen molar-refractivity contribution in [2.24, 2.45) is 0 Å². The molecule has 21 heavy (non-hydrogen) atoms. The predicted octanol–water partition coefficient (Wildman–Crippen LogP) is 5.30. The molecule has 0 amide bonds. The van der Waals surface area contributed by atoms with E-state index in [9.17, 15) is 4.39 Å². The molecule has 1 heterocycles. The molecule has 0 aliphatic heterocycles. The molecule has 0 aliphatic carbocycles. The fraction of sp³-hybridized carbons (Fsp3) is 0.389. The third-order valence-corrected chi connectivity index (χ3v) is 3.95. The van der Waals surface area contributed by atoms with Gasteiger partial charge in [-0.15, -0.1) is 0 Å². The minimum Gasteiger partial charge on any atom is -0.377 e. The van der Waals surface area contributed by atoms with Gasteiger partial charge in [0.1, 0.15) is 5.82 Å². The molecule has 0 aliphatic rings. The lowest BCUT2D eigenvalue weighted by Crippen LogP contribution is -2.11. The summed E-state index contributed by atoms with van der Waals surface area (Å²) in [7, 11) is 0. The van der Waals surface area contributed by atoms with Gasteiger partial charge in [0.15, 0.2) is 0 Å². The second kappa shape index (κ2) is 7.21. The van der Waals surface area contributed by atoms with Crippen molar-refractivity contribution in [1.82, 2.24) is 4.98 Å². The molecule has 2 unspecified atom stereocenters. The van der Waals surface area contributed by atoms with Crippen LogP contribution >= 0.6 is 0 Å². The first kappa shape index (κ1) is 15.5. The summed E-state index contributed by atoms with van der Waals surface area (Å²) in [6.07, 6.45) is 3.31. The molecule has 0 radical (unpaired) electrons. The van der Waals surface area contributed by atoms with Crippen LogP contribution < -0.4 is 5.32 Å². The lowest BCUT2D eigenvalue weighted by molar-refractivity contribution is 0.614. The van der Waals surface area contributed by atoms with Gasteiger partial charge in [-0.1, -0.05) is 32.9 Å². The van der Waals surface area contributed by atoms with Crippen molar-refractivity contribution in [3.63, 3.8) is 0 Å². The van der Waals surface area contributed by atoms with Crippen LogP contribution in [0.3, 0.4) is 0 Å². The Morgan fingerprint density at radius 2 is 1.76 bits per heavy atom. The maximum absolute atomic E-state index is 13.0. The zero-order chi connectivity index (χ0) is 15.2. The number of nitrogens with zero attached hydrogens (tertiary/aromatic N) is 1. The topological polar surface area (TPSA) is 24.9 Å². The quantitative estimate of drug-likeness (QED) is 0.779. The van der Waals surface area contributed by atoms with Crippen molar-refractivity contribution in [2.75, 3.05) is 5.32 Å². The van der Waals surface area contributed by atoms with Gasteiger partial charge in [-0.2, -0.15) is 0 Å². The first-order valence-corrected chi connectivity index (χ1v) is 7.62. The average Bonchev–Trinajstić information content (AvgIpc) is 2.53. The van der Waals surface area contributed by atoms with Gasteiger partial charge < -0.3 is 5.32 Å². The van der Waals surface area contributed by atoms with E-state index in [2.05, 4.69) is 55.3 Å². The van der Waals surface area contributed by atoms with E-state index in [1.807, 2.05) is 0 Å². The van der Waals surface area contributed by atoms with Crippen molar-refractivity contribution in [2.45, 2.75) is 45.6 Å². The first-order chi connectivity index (χ1) is 10.1. The normalized spacial score (nSPS) is 13.7. The molecular formula is C18H23FN2. The number of anilines is 1. The summed E-state index contributed by atoms with van der Waals surface area (Å²) in [5.41, 5.74) is 3.29. The van der Waals surface area contributed by atoms with Gasteiger partial charge >= 0.3 is 0 Å². The molecule has 2 nitrogen and oxygen atoms in total. The molecule has 0 saturated heterocycles. The monoisotopic (exact) mass is 286 g/mol. The summed E-state index contributed by atoms with van der Waals surface area (Å²) in [6, 6.07) is 11.8. The third kappa shape index (κ3) is 4.03. The molecule has 2 aromatic rings. The maximum atomic E-state index is 13.0. The van der Waals surface area contributed by atoms with Crippen molar-refractivity contribution in [3.8, 4) is 0 Å². The first-order valence-electron chi connectivity index (χ1n) is 7.62. The SMILES string of the molecule is CCC(C)c1ccc(NC(CC)c2ccc(F)cn2)cc1. The fourth-order valence-corrected chi connectivity index (χ4v) is 2.32. The molecule has 2 rings (SSSR count). The highest BCUT2D eigenvalue weighted by Crippen LogP contribution is 2.24. The maximum Gasteiger partial charge on any atom is 0.141 e. The molecule has 0 saturated carbocycles. The highest BCUT2D eigenvalue weighted by atomic mass is 19.1. The van der Waals surface area contributed by atoms with Crippen molar-refractivity contribution in [1.29, 1.82) is 0 Å². The molecule has 1 aromatic heterocycles. The van der Waals surface area contributed by atoms with Crippen molar-refractivity contribution < 1.29 is 4.39 Å². The number of halogens is 1. The number of pyridine rings is 1. The Morgan fingerprint density at radius 3 is 2.29 bits per heavy atom. The summed E-state index contributed by atoms with van der Waals surface area (Å²) in [5.74, 6) is 0.284. The van der Waals surface area contributed by atoms with Crippen molar-refractivity contribution >= 4 is 5.69 Å². The Labute approximate surface area is 126 Å². The second-order valence-electron chi connectivity index (χ2n) is 5.44. The zero-order valence-electron chi connectivity index (χ0n) is 12.9. The number of benzene rings is 1. The molecule has 1 aromatic carbocycles. The van der Waals surface area contributed by atoms with Crippen LogP contribution in [0, 0.1) is 5.82 Å². The van der Waals surface area contributed by atoms with Gasteiger partial charge in [0.05, 0.1) is 17.9 Å². The number of nitrogens with one attached hydrogen (secondary N) is 1. The fourth-order valence-electron chi connectivity index (χ4n) is 2.32. The predicted molar refractivity (Wildman–Crippen MR) is 86.0 cm³/mol. The van der Waals surface area contributed by atoms with Gasteiger partial charge in [-0.3, -0.25) is 4.98 Å². The van der Waals surface area contributed by atoms with Crippen LogP contribution in [-0.4, -0.2) is 4.98 Å². The van der Waals surface area contributed by atoms with E-state index in [1.54, 1.807) is 6.07 Å². The minimum atomic E-state index is -0.300. The molecule has 1 N–H and O–H groups in total. The van der Waals surface area contributed by atoms with E-state index in [4.69, 9.17) is 0 Å². The Bertz CT molecular complexity index is 548. The largest absolute Gasteiger partial charge is 0.377 e. The van der Waals surface area contributed by atoms with Gasteiger partial charge in [-0.05, 0) is 48.6 Å². The van der Waals surface area contributed by atoms with Gasteiger partial charge in [0.25, 0.3) is 0 Å². The molecule has 3 heteroatoms. The number of aromatic nitrogens is 1. The summed E-state index contributed by atoms with van der Waals surface area (Å²) < 4.78 is 13.0. The van der Waals surface area contributed by atoms with Crippen LogP contribution in [0.5, 0.6) is 0 Å². The molecule has 0 spiro atoms. The Morgan fingerprint density at radius 1 is 1.05 bits per heavy atom. The minimum absolute atomic E-state index is 0.0973. The number of hydrogen-bond acceptors (Lipinski definition) is 2. The summed E-state index contributed by atoms with van der Waals surface area (Å²) in [4.78, 5) is 4.17. The molecule has 0 bridgehead atoms. The third-order valence-electron chi connectivity index (χ3n) is 3.95. The van der Waals surface area contributed by atoms with Crippen LogP contribution in [0.25, 0.3) is 0 Å². The van der Waals surface area contributed by atoms with E-state index in [1.165, 1.54) is 17.8 Å². The molecule has 112 valence electrons. The van der Waals surface area contributed by atoms with Crippen LogP contribution in [-0.2, 0) is 0 Å². The lowest BCUT2D eigenvalue weighted by Gasteiger charge is -2.18.